The van der Waals surface area contributed by atoms with E-state index in [9.17, 15) is 9.18 Å². The molecule has 25 heavy (non-hydrogen) atoms. The van der Waals surface area contributed by atoms with E-state index in [-0.39, 0.29) is 11.6 Å². The van der Waals surface area contributed by atoms with Crippen LogP contribution in [0.15, 0.2) is 54.6 Å². The number of benzene rings is 2. The molecular weight excluding hydrogens is 313 g/mol. The van der Waals surface area contributed by atoms with E-state index in [0.29, 0.717) is 12.0 Å². The van der Waals surface area contributed by atoms with Crippen LogP contribution in [0, 0.1) is 11.7 Å². The fourth-order valence-corrected chi connectivity index (χ4v) is 3.61. The maximum atomic E-state index is 12.9. The van der Waals surface area contributed by atoms with Gasteiger partial charge < -0.3 is 0 Å². The van der Waals surface area contributed by atoms with Crippen LogP contribution in [0.4, 0.5) is 4.39 Å². The molecule has 2 aromatic carbocycles. The van der Waals surface area contributed by atoms with Crippen LogP contribution in [0.2, 0.25) is 0 Å². The second-order valence-electron chi connectivity index (χ2n) is 7.03. The Bertz CT molecular complexity index is 660. The maximum Gasteiger partial charge on any atom is 0.162 e. The van der Waals surface area contributed by atoms with E-state index in [4.69, 9.17) is 0 Å². The first-order valence-electron chi connectivity index (χ1n) is 9.26. The highest BCUT2D eigenvalue weighted by molar-refractivity contribution is 5.95. The van der Waals surface area contributed by atoms with Crippen LogP contribution in [0.5, 0.6) is 0 Å². The molecule has 1 fully saturated rings. The topological polar surface area (TPSA) is 20.3 Å². The standard InChI is InChI=1S/C22H26FNO/c23-21-11-9-20(10-12-21)22(25)8-4-7-18-13-15-24(16-14-18)17-19-5-2-1-3-6-19/h1-3,5-6,9-12,18H,4,7-8,13-17H2. The fourth-order valence-electron chi connectivity index (χ4n) is 3.61. The summed E-state index contributed by atoms with van der Waals surface area (Å²) < 4.78 is 12.9. The van der Waals surface area contributed by atoms with Gasteiger partial charge in [0.1, 0.15) is 5.82 Å². The highest BCUT2D eigenvalue weighted by Gasteiger charge is 2.19. The normalized spacial score (nSPS) is 16.0. The number of ketones is 1. The number of likely N-dealkylation sites (tertiary alicyclic amines) is 1. The van der Waals surface area contributed by atoms with Crippen molar-refractivity contribution in [3.05, 3.63) is 71.5 Å². The summed E-state index contributed by atoms with van der Waals surface area (Å²) in [4.78, 5) is 14.6. The Hall–Kier alpha value is -2.00. The number of carbonyl (C=O) groups is 1. The van der Waals surface area contributed by atoms with Gasteiger partial charge in [-0.05, 0) is 74.5 Å². The summed E-state index contributed by atoms with van der Waals surface area (Å²) in [6.07, 6.45) is 5.05. The Balaban J connectivity index is 1.35. The number of nitrogens with zero attached hydrogens (tertiary/aromatic N) is 1. The molecule has 0 spiro atoms. The third-order valence-corrected chi connectivity index (χ3v) is 5.14. The molecule has 1 heterocycles. The molecule has 0 bridgehead atoms. The van der Waals surface area contributed by atoms with E-state index in [1.54, 1.807) is 12.1 Å². The monoisotopic (exact) mass is 339 g/mol. The highest BCUT2D eigenvalue weighted by atomic mass is 19.1. The SMILES string of the molecule is O=C(CCCC1CCN(Cc2ccccc2)CC1)c1ccc(F)cc1. The van der Waals surface area contributed by atoms with Crippen molar-refractivity contribution in [3.8, 4) is 0 Å². The number of halogens is 1. The van der Waals surface area contributed by atoms with Gasteiger partial charge in [-0.2, -0.15) is 0 Å². The Kier molecular flexibility index (Phi) is 6.35. The lowest BCUT2D eigenvalue weighted by atomic mass is 9.90. The van der Waals surface area contributed by atoms with Crippen LogP contribution >= 0.6 is 0 Å². The minimum Gasteiger partial charge on any atom is -0.299 e. The van der Waals surface area contributed by atoms with E-state index < -0.39 is 0 Å². The van der Waals surface area contributed by atoms with Crippen molar-refractivity contribution in [3.63, 3.8) is 0 Å². The number of rotatable bonds is 7. The van der Waals surface area contributed by atoms with E-state index in [0.717, 1.165) is 38.4 Å². The van der Waals surface area contributed by atoms with E-state index in [2.05, 4.69) is 35.2 Å². The molecule has 1 aliphatic heterocycles. The summed E-state index contributed by atoms with van der Waals surface area (Å²) in [6, 6.07) is 16.5. The van der Waals surface area contributed by atoms with E-state index in [1.165, 1.54) is 30.5 Å². The molecule has 2 nitrogen and oxygen atoms in total. The molecule has 1 aliphatic rings. The predicted octanol–water partition coefficient (Wildman–Crippen LogP) is 5.09. The second kappa shape index (κ2) is 8.91. The van der Waals surface area contributed by atoms with Gasteiger partial charge in [0.25, 0.3) is 0 Å². The van der Waals surface area contributed by atoms with Crippen molar-refractivity contribution in [1.29, 1.82) is 0 Å². The lowest BCUT2D eigenvalue weighted by molar-refractivity contribution is 0.0974. The predicted molar refractivity (Wildman–Crippen MR) is 99.0 cm³/mol. The van der Waals surface area contributed by atoms with Crippen molar-refractivity contribution >= 4 is 5.78 Å². The molecule has 0 radical (unpaired) electrons. The first kappa shape index (κ1) is 17.8. The first-order valence-corrected chi connectivity index (χ1v) is 9.26. The lowest BCUT2D eigenvalue weighted by Gasteiger charge is -2.32. The summed E-state index contributed by atoms with van der Waals surface area (Å²) in [5.74, 6) is 0.563. The van der Waals surface area contributed by atoms with Crippen molar-refractivity contribution in [1.82, 2.24) is 4.90 Å². The molecule has 0 atom stereocenters. The number of Topliss-reactive ketones (excluding diaryl/α,β-unsaturated/α-hetero) is 1. The number of piperidine rings is 1. The van der Waals surface area contributed by atoms with Gasteiger partial charge in [0.15, 0.2) is 5.78 Å². The summed E-state index contributed by atoms with van der Waals surface area (Å²) in [6.45, 7) is 3.33. The molecule has 132 valence electrons. The van der Waals surface area contributed by atoms with Gasteiger partial charge in [0.05, 0.1) is 0 Å². The quantitative estimate of drug-likeness (QED) is 0.655. The van der Waals surface area contributed by atoms with Gasteiger partial charge in [0, 0.05) is 18.5 Å². The van der Waals surface area contributed by atoms with Crippen LogP contribution in [0.25, 0.3) is 0 Å². The molecule has 0 unspecified atom stereocenters. The summed E-state index contributed by atoms with van der Waals surface area (Å²) in [5.41, 5.74) is 2.00. The minimum absolute atomic E-state index is 0.126. The molecule has 3 heteroatoms. The molecule has 0 aromatic heterocycles. The van der Waals surface area contributed by atoms with Crippen molar-refractivity contribution in [2.45, 2.75) is 38.6 Å². The molecule has 3 rings (SSSR count). The second-order valence-corrected chi connectivity index (χ2v) is 7.03. The summed E-state index contributed by atoms with van der Waals surface area (Å²) >= 11 is 0. The Morgan fingerprint density at radius 3 is 2.36 bits per heavy atom. The zero-order chi connectivity index (χ0) is 17.5. The third kappa shape index (κ3) is 5.50. The van der Waals surface area contributed by atoms with Gasteiger partial charge in [-0.15, -0.1) is 0 Å². The Labute approximate surface area is 149 Å². The summed E-state index contributed by atoms with van der Waals surface area (Å²) in [7, 11) is 0. The number of carbonyl (C=O) groups excluding carboxylic acids is 1. The lowest BCUT2D eigenvalue weighted by Crippen LogP contribution is -2.33. The maximum absolute atomic E-state index is 12.9. The van der Waals surface area contributed by atoms with Crippen LogP contribution < -0.4 is 0 Å². The Morgan fingerprint density at radius 1 is 1.00 bits per heavy atom. The first-order chi connectivity index (χ1) is 12.2. The Morgan fingerprint density at radius 2 is 1.68 bits per heavy atom. The van der Waals surface area contributed by atoms with E-state index in [1.807, 2.05) is 0 Å². The van der Waals surface area contributed by atoms with Gasteiger partial charge in [-0.1, -0.05) is 30.3 Å². The zero-order valence-electron chi connectivity index (χ0n) is 14.7. The molecular formula is C22H26FNO. The third-order valence-electron chi connectivity index (χ3n) is 5.14. The summed E-state index contributed by atoms with van der Waals surface area (Å²) in [5, 5.41) is 0. The van der Waals surface area contributed by atoms with Crippen LogP contribution in [0.1, 0.15) is 48.0 Å². The molecule has 1 saturated heterocycles. The molecule has 0 N–H and O–H groups in total. The van der Waals surface area contributed by atoms with Crippen molar-refractivity contribution in [2.75, 3.05) is 13.1 Å². The largest absolute Gasteiger partial charge is 0.299 e. The van der Waals surface area contributed by atoms with Crippen LogP contribution in [0.3, 0.4) is 0 Å². The highest BCUT2D eigenvalue weighted by Crippen LogP contribution is 2.24. The smallest absolute Gasteiger partial charge is 0.162 e. The molecule has 0 aliphatic carbocycles. The van der Waals surface area contributed by atoms with Gasteiger partial charge in [0.2, 0.25) is 0 Å². The average Bonchev–Trinajstić information content (AvgIpc) is 2.64. The van der Waals surface area contributed by atoms with Crippen LogP contribution in [-0.4, -0.2) is 23.8 Å². The molecule has 0 saturated carbocycles. The molecule has 2 aromatic rings. The number of hydrogen-bond acceptors (Lipinski definition) is 2. The van der Waals surface area contributed by atoms with Gasteiger partial charge in [-0.25, -0.2) is 4.39 Å². The van der Waals surface area contributed by atoms with Crippen molar-refractivity contribution in [2.24, 2.45) is 5.92 Å². The van der Waals surface area contributed by atoms with Crippen LogP contribution in [-0.2, 0) is 6.54 Å². The average molecular weight is 339 g/mol. The zero-order valence-corrected chi connectivity index (χ0v) is 14.7. The van der Waals surface area contributed by atoms with E-state index >= 15 is 0 Å². The van der Waals surface area contributed by atoms with Gasteiger partial charge in [-0.3, -0.25) is 9.69 Å². The number of hydrogen-bond donors (Lipinski definition) is 0. The fraction of sp³-hybridized carbons (Fsp3) is 0.409. The minimum atomic E-state index is -0.293. The van der Waals surface area contributed by atoms with Gasteiger partial charge >= 0.3 is 0 Å². The molecule has 0 amide bonds. The van der Waals surface area contributed by atoms with Crippen molar-refractivity contribution < 1.29 is 9.18 Å².